The van der Waals surface area contributed by atoms with Gasteiger partial charge in [-0.05, 0) is 89.2 Å². The maximum Gasteiger partial charge on any atom is -0.0146 e. The van der Waals surface area contributed by atoms with E-state index in [4.69, 9.17) is 0 Å². The molecule has 0 aliphatic heterocycles. The molecule has 0 aromatic heterocycles. The van der Waals surface area contributed by atoms with Crippen LogP contribution in [0.15, 0.2) is 42.5 Å². The van der Waals surface area contributed by atoms with E-state index in [1.54, 1.807) is 16.7 Å². The SMILES string of the molecule is CCC(C)c1cccc2cc3c(cc12)CC1(CC3)CC2C=CC1C2. The smallest absolute Gasteiger partial charge is 0.0146 e. The van der Waals surface area contributed by atoms with Crippen molar-refractivity contribution in [3.8, 4) is 0 Å². The van der Waals surface area contributed by atoms with Gasteiger partial charge in [0, 0.05) is 0 Å². The topological polar surface area (TPSA) is 0 Å². The molecule has 2 bridgehead atoms. The summed E-state index contributed by atoms with van der Waals surface area (Å²) in [6.07, 6.45) is 13.1. The van der Waals surface area contributed by atoms with E-state index in [2.05, 4.69) is 56.3 Å². The third-order valence-corrected chi connectivity index (χ3v) is 7.44. The molecule has 3 aliphatic carbocycles. The van der Waals surface area contributed by atoms with Crippen LogP contribution < -0.4 is 0 Å². The first-order valence-electron chi connectivity index (χ1n) is 9.91. The Labute approximate surface area is 146 Å². The molecule has 0 N–H and O–H groups in total. The van der Waals surface area contributed by atoms with Gasteiger partial charge in [0.15, 0.2) is 0 Å². The van der Waals surface area contributed by atoms with Crippen LogP contribution in [0.2, 0.25) is 0 Å². The predicted molar refractivity (Wildman–Crippen MR) is 102 cm³/mol. The molecule has 1 saturated carbocycles. The monoisotopic (exact) mass is 316 g/mol. The second kappa shape index (κ2) is 5.22. The third kappa shape index (κ3) is 2.05. The zero-order valence-electron chi connectivity index (χ0n) is 15.0. The van der Waals surface area contributed by atoms with Crippen LogP contribution in [-0.2, 0) is 12.8 Å². The van der Waals surface area contributed by atoms with E-state index in [9.17, 15) is 0 Å². The summed E-state index contributed by atoms with van der Waals surface area (Å²) < 4.78 is 0. The van der Waals surface area contributed by atoms with Crippen LogP contribution >= 0.6 is 0 Å². The van der Waals surface area contributed by atoms with Gasteiger partial charge in [-0.25, -0.2) is 0 Å². The molecular weight excluding hydrogens is 288 g/mol. The largest absolute Gasteiger partial charge is 0.0851 e. The summed E-state index contributed by atoms with van der Waals surface area (Å²) in [7, 11) is 0. The van der Waals surface area contributed by atoms with E-state index in [1.165, 1.54) is 49.3 Å². The predicted octanol–water partition coefficient (Wildman–Crippen LogP) is 6.42. The second-order valence-electron chi connectivity index (χ2n) is 8.73. The molecule has 124 valence electrons. The quantitative estimate of drug-likeness (QED) is 0.560. The highest BCUT2D eigenvalue weighted by Gasteiger charge is 2.49. The molecule has 4 unspecified atom stereocenters. The molecule has 1 spiro atoms. The zero-order valence-corrected chi connectivity index (χ0v) is 15.0. The summed E-state index contributed by atoms with van der Waals surface area (Å²) in [6.45, 7) is 4.68. The summed E-state index contributed by atoms with van der Waals surface area (Å²) in [5.74, 6) is 2.39. The number of fused-ring (bicyclic) bond motifs is 5. The van der Waals surface area contributed by atoms with Crippen LogP contribution in [0.25, 0.3) is 10.8 Å². The van der Waals surface area contributed by atoms with Gasteiger partial charge in [-0.15, -0.1) is 0 Å². The van der Waals surface area contributed by atoms with Crippen LogP contribution in [0.3, 0.4) is 0 Å². The first kappa shape index (κ1) is 14.8. The van der Waals surface area contributed by atoms with Crippen molar-refractivity contribution in [2.75, 3.05) is 0 Å². The first-order chi connectivity index (χ1) is 11.7. The molecule has 0 amide bonds. The first-order valence-corrected chi connectivity index (χ1v) is 9.91. The van der Waals surface area contributed by atoms with Crippen molar-refractivity contribution in [1.29, 1.82) is 0 Å². The Kier molecular flexibility index (Phi) is 3.21. The van der Waals surface area contributed by atoms with Crippen LogP contribution in [0, 0.1) is 17.3 Å². The fourth-order valence-corrected chi connectivity index (χ4v) is 5.88. The number of hydrogen-bond acceptors (Lipinski definition) is 0. The highest BCUT2D eigenvalue weighted by Crippen LogP contribution is 2.58. The van der Waals surface area contributed by atoms with Crippen molar-refractivity contribution < 1.29 is 0 Å². The van der Waals surface area contributed by atoms with Crippen molar-refractivity contribution in [2.24, 2.45) is 17.3 Å². The number of benzene rings is 2. The van der Waals surface area contributed by atoms with E-state index in [0.717, 1.165) is 11.8 Å². The minimum Gasteiger partial charge on any atom is -0.0851 e. The minimum absolute atomic E-state index is 0.589. The van der Waals surface area contributed by atoms with E-state index < -0.39 is 0 Å². The third-order valence-electron chi connectivity index (χ3n) is 7.44. The van der Waals surface area contributed by atoms with Crippen molar-refractivity contribution in [1.82, 2.24) is 0 Å². The Bertz CT molecular complexity index is 827. The molecule has 1 fully saturated rings. The van der Waals surface area contributed by atoms with Crippen LogP contribution in [0.5, 0.6) is 0 Å². The van der Waals surface area contributed by atoms with Gasteiger partial charge in [0.1, 0.15) is 0 Å². The van der Waals surface area contributed by atoms with Crippen molar-refractivity contribution >= 4 is 10.8 Å². The molecule has 24 heavy (non-hydrogen) atoms. The standard InChI is InChI=1S/C24H28/c1-3-16(2)22-6-4-5-19-12-18-9-10-24(15-20(18)13-23(19)22)14-17-7-8-21(24)11-17/h4-8,12-13,16-17,21H,3,9-11,14-15H2,1-2H3. The summed E-state index contributed by atoms with van der Waals surface area (Å²) in [4.78, 5) is 0. The molecule has 2 aromatic carbocycles. The Hall–Kier alpha value is -1.56. The van der Waals surface area contributed by atoms with Crippen molar-refractivity contribution in [3.63, 3.8) is 0 Å². The summed E-state index contributed by atoms with van der Waals surface area (Å²) in [5, 5.41) is 2.97. The number of rotatable bonds is 2. The molecule has 4 atom stereocenters. The number of hydrogen-bond donors (Lipinski definition) is 0. The van der Waals surface area contributed by atoms with E-state index in [-0.39, 0.29) is 0 Å². The number of allylic oxidation sites excluding steroid dienone is 2. The average Bonchev–Trinajstić information content (AvgIpc) is 3.20. The lowest BCUT2D eigenvalue weighted by atomic mass is 9.64. The van der Waals surface area contributed by atoms with Gasteiger partial charge < -0.3 is 0 Å². The summed E-state index contributed by atoms with van der Waals surface area (Å²) in [5.41, 5.74) is 5.42. The normalized spacial score (nSPS) is 31.8. The van der Waals surface area contributed by atoms with Crippen molar-refractivity contribution in [2.45, 2.75) is 58.3 Å². The summed E-state index contributed by atoms with van der Waals surface area (Å²) in [6, 6.07) is 12.0. The van der Waals surface area contributed by atoms with Gasteiger partial charge >= 0.3 is 0 Å². The molecule has 2 aromatic rings. The summed E-state index contributed by atoms with van der Waals surface area (Å²) >= 11 is 0. The molecule has 0 heteroatoms. The van der Waals surface area contributed by atoms with Gasteiger partial charge in [-0.1, -0.05) is 56.3 Å². The van der Waals surface area contributed by atoms with E-state index in [1.807, 2.05) is 0 Å². The van der Waals surface area contributed by atoms with Crippen LogP contribution in [0.4, 0.5) is 0 Å². The maximum absolute atomic E-state index is 2.57. The van der Waals surface area contributed by atoms with Crippen LogP contribution in [0.1, 0.15) is 62.1 Å². The molecular formula is C24H28. The highest BCUT2D eigenvalue weighted by molar-refractivity contribution is 5.88. The molecule has 5 rings (SSSR count). The van der Waals surface area contributed by atoms with Gasteiger partial charge in [0.25, 0.3) is 0 Å². The minimum atomic E-state index is 0.589. The Morgan fingerprint density at radius 1 is 1.17 bits per heavy atom. The number of aryl methyl sites for hydroxylation is 1. The second-order valence-corrected chi connectivity index (χ2v) is 8.73. The molecule has 0 radical (unpaired) electrons. The fourth-order valence-electron chi connectivity index (χ4n) is 5.88. The Balaban J connectivity index is 1.60. The molecule has 0 saturated heterocycles. The lowest BCUT2D eigenvalue weighted by molar-refractivity contribution is 0.195. The lowest BCUT2D eigenvalue weighted by Gasteiger charge is -2.40. The molecule has 0 heterocycles. The Morgan fingerprint density at radius 3 is 2.83 bits per heavy atom. The zero-order chi connectivity index (χ0) is 16.3. The molecule has 3 aliphatic rings. The van der Waals surface area contributed by atoms with Gasteiger partial charge in [-0.2, -0.15) is 0 Å². The van der Waals surface area contributed by atoms with E-state index in [0.29, 0.717) is 11.3 Å². The average molecular weight is 316 g/mol. The van der Waals surface area contributed by atoms with Crippen molar-refractivity contribution in [3.05, 3.63) is 59.2 Å². The maximum atomic E-state index is 2.57. The lowest BCUT2D eigenvalue weighted by Crippen LogP contribution is -2.32. The van der Waals surface area contributed by atoms with Gasteiger partial charge in [0.05, 0.1) is 0 Å². The van der Waals surface area contributed by atoms with Gasteiger partial charge in [0.2, 0.25) is 0 Å². The molecule has 0 nitrogen and oxygen atoms in total. The van der Waals surface area contributed by atoms with Gasteiger partial charge in [-0.3, -0.25) is 0 Å². The van der Waals surface area contributed by atoms with Crippen LogP contribution in [-0.4, -0.2) is 0 Å². The Morgan fingerprint density at radius 2 is 2.08 bits per heavy atom. The van der Waals surface area contributed by atoms with E-state index >= 15 is 0 Å². The highest BCUT2D eigenvalue weighted by atomic mass is 14.5. The fraction of sp³-hybridized carbons (Fsp3) is 0.500.